The minimum absolute atomic E-state index is 0.244. The lowest BCUT2D eigenvalue weighted by atomic mass is 10.1. The molecule has 0 aliphatic carbocycles. The Hall–Kier alpha value is -1.17. The van der Waals surface area contributed by atoms with Crippen LogP contribution in [0.5, 0.6) is 0 Å². The van der Waals surface area contributed by atoms with Crippen LogP contribution in [0.1, 0.15) is 10.6 Å². The summed E-state index contributed by atoms with van der Waals surface area (Å²) in [5.41, 5.74) is 3.93. The zero-order valence-electron chi connectivity index (χ0n) is 9.26. The van der Waals surface area contributed by atoms with Gasteiger partial charge in [0.2, 0.25) is 0 Å². The van der Waals surface area contributed by atoms with Crippen LogP contribution in [-0.4, -0.2) is 15.8 Å². The van der Waals surface area contributed by atoms with E-state index in [9.17, 15) is 0 Å². The number of nitrogens with one attached hydrogen (secondary N) is 1. The molecule has 2 aromatic rings. The van der Waals surface area contributed by atoms with Crippen molar-refractivity contribution in [2.75, 3.05) is 0 Å². The van der Waals surface area contributed by atoms with E-state index >= 15 is 0 Å². The summed E-state index contributed by atoms with van der Waals surface area (Å²) in [4.78, 5) is 1.35. The normalized spacial score (nSPS) is 12.9. The summed E-state index contributed by atoms with van der Waals surface area (Å²) < 4.78 is 1.81. The summed E-state index contributed by atoms with van der Waals surface area (Å²) in [6, 6.07) is 6.47. The number of hydrogen-bond donors (Lipinski definition) is 2. The fraction of sp³-hybridized carbons (Fsp3) is 0.364. The molecule has 3 N–H and O–H groups in total. The average molecular weight is 236 g/mol. The lowest BCUT2D eigenvalue weighted by Gasteiger charge is -2.13. The van der Waals surface area contributed by atoms with Gasteiger partial charge in [-0.2, -0.15) is 5.10 Å². The number of nitrogens with zero attached hydrogens (tertiary/aromatic N) is 2. The largest absolute Gasteiger partial charge is 0.276 e. The third-order valence-electron chi connectivity index (χ3n) is 2.49. The lowest BCUT2D eigenvalue weighted by Crippen LogP contribution is -2.38. The SMILES string of the molecule is Cn1ccc(CC(Cc2cccs2)NN)n1. The number of aryl methyl sites for hydroxylation is 1. The Morgan fingerprint density at radius 1 is 1.50 bits per heavy atom. The highest BCUT2D eigenvalue weighted by Gasteiger charge is 2.10. The van der Waals surface area contributed by atoms with Gasteiger partial charge in [0.25, 0.3) is 0 Å². The van der Waals surface area contributed by atoms with Crippen LogP contribution in [0, 0.1) is 0 Å². The molecule has 0 aromatic carbocycles. The topological polar surface area (TPSA) is 55.9 Å². The van der Waals surface area contributed by atoms with E-state index in [1.165, 1.54) is 4.88 Å². The van der Waals surface area contributed by atoms with Gasteiger partial charge in [0.05, 0.1) is 5.69 Å². The van der Waals surface area contributed by atoms with E-state index in [2.05, 4.69) is 28.0 Å². The van der Waals surface area contributed by atoms with E-state index in [4.69, 9.17) is 5.84 Å². The molecule has 2 heterocycles. The van der Waals surface area contributed by atoms with Crippen LogP contribution in [0.2, 0.25) is 0 Å². The zero-order valence-corrected chi connectivity index (χ0v) is 10.1. The van der Waals surface area contributed by atoms with Crippen LogP contribution in [-0.2, 0) is 19.9 Å². The van der Waals surface area contributed by atoms with E-state index in [-0.39, 0.29) is 6.04 Å². The number of rotatable bonds is 5. The maximum atomic E-state index is 5.56. The first-order chi connectivity index (χ1) is 7.78. The second-order valence-electron chi connectivity index (χ2n) is 3.83. The molecule has 0 bridgehead atoms. The van der Waals surface area contributed by atoms with Crippen LogP contribution in [0.4, 0.5) is 0 Å². The van der Waals surface area contributed by atoms with Gasteiger partial charge < -0.3 is 0 Å². The average Bonchev–Trinajstić information content (AvgIpc) is 2.89. The first-order valence-corrected chi connectivity index (χ1v) is 6.13. The Morgan fingerprint density at radius 2 is 2.38 bits per heavy atom. The molecule has 0 saturated heterocycles. The van der Waals surface area contributed by atoms with E-state index < -0.39 is 0 Å². The summed E-state index contributed by atoms with van der Waals surface area (Å²) in [5, 5.41) is 6.44. The molecule has 1 unspecified atom stereocenters. The highest BCUT2D eigenvalue weighted by Crippen LogP contribution is 2.12. The minimum Gasteiger partial charge on any atom is -0.276 e. The molecule has 1 atom stereocenters. The monoisotopic (exact) mass is 236 g/mol. The molecule has 0 aliphatic rings. The molecule has 0 aliphatic heterocycles. The second-order valence-corrected chi connectivity index (χ2v) is 4.86. The Balaban J connectivity index is 1.95. The van der Waals surface area contributed by atoms with Crippen LogP contribution in [0.3, 0.4) is 0 Å². The fourth-order valence-electron chi connectivity index (χ4n) is 1.69. The Kier molecular flexibility index (Phi) is 3.71. The van der Waals surface area contributed by atoms with Gasteiger partial charge >= 0.3 is 0 Å². The predicted octanol–water partition coefficient (Wildman–Crippen LogP) is 1.10. The van der Waals surface area contributed by atoms with Gasteiger partial charge in [0, 0.05) is 30.6 Å². The van der Waals surface area contributed by atoms with Gasteiger partial charge in [0.15, 0.2) is 0 Å². The van der Waals surface area contributed by atoms with Crippen molar-refractivity contribution >= 4 is 11.3 Å². The van der Waals surface area contributed by atoms with Crippen molar-refractivity contribution in [2.24, 2.45) is 12.9 Å². The smallest absolute Gasteiger partial charge is 0.0640 e. The minimum atomic E-state index is 0.244. The number of nitrogens with two attached hydrogens (primary N) is 1. The first-order valence-electron chi connectivity index (χ1n) is 5.25. The molecule has 0 radical (unpaired) electrons. The first kappa shape index (κ1) is 11.3. The van der Waals surface area contributed by atoms with Crippen molar-refractivity contribution in [3.05, 3.63) is 40.3 Å². The third-order valence-corrected chi connectivity index (χ3v) is 3.39. The Morgan fingerprint density at radius 3 is 2.94 bits per heavy atom. The number of hydrazine groups is 1. The van der Waals surface area contributed by atoms with Gasteiger partial charge in [-0.25, -0.2) is 0 Å². The van der Waals surface area contributed by atoms with Crippen LogP contribution in [0.25, 0.3) is 0 Å². The van der Waals surface area contributed by atoms with E-state index in [0.29, 0.717) is 0 Å². The van der Waals surface area contributed by atoms with Crippen molar-refractivity contribution in [2.45, 2.75) is 18.9 Å². The molecule has 0 fully saturated rings. The van der Waals surface area contributed by atoms with Crippen molar-refractivity contribution in [3.8, 4) is 0 Å². The van der Waals surface area contributed by atoms with Gasteiger partial charge in [-0.3, -0.25) is 16.0 Å². The summed E-state index contributed by atoms with van der Waals surface area (Å²) >= 11 is 1.76. The maximum Gasteiger partial charge on any atom is 0.0640 e. The van der Waals surface area contributed by atoms with Crippen LogP contribution < -0.4 is 11.3 Å². The number of thiophene rings is 1. The second kappa shape index (κ2) is 5.25. The Labute approximate surface area is 99.1 Å². The third kappa shape index (κ3) is 2.91. The Bertz CT molecular complexity index is 421. The zero-order chi connectivity index (χ0) is 11.4. The number of hydrogen-bond acceptors (Lipinski definition) is 4. The molecule has 2 aromatic heterocycles. The summed E-state index contributed by atoms with van der Waals surface area (Å²) in [6.45, 7) is 0. The van der Waals surface area contributed by atoms with Gasteiger partial charge in [0.1, 0.15) is 0 Å². The molecule has 2 rings (SSSR count). The molecule has 0 saturated carbocycles. The summed E-state index contributed by atoms with van der Waals surface area (Å²) in [5.74, 6) is 5.56. The summed E-state index contributed by atoms with van der Waals surface area (Å²) in [7, 11) is 1.92. The maximum absolute atomic E-state index is 5.56. The molecule has 0 spiro atoms. The molecule has 4 nitrogen and oxygen atoms in total. The molecular weight excluding hydrogens is 220 g/mol. The van der Waals surface area contributed by atoms with Gasteiger partial charge in [-0.15, -0.1) is 11.3 Å². The molecule has 5 heteroatoms. The van der Waals surface area contributed by atoms with Crippen LogP contribution >= 0.6 is 11.3 Å². The highest BCUT2D eigenvalue weighted by molar-refractivity contribution is 7.09. The number of aromatic nitrogens is 2. The molecule has 16 heavy (non-hydrogen) atoms. The summed E-state index contributed by atoms with van der Waals surface area (Å²) in [6.07, 6.45) is 3.76. The van der Waals surface area contributed by atoms with Crippen molar-refractivity contribution < 1.29 is 0 Å². The van der Waals surface area contributed by atoms with Crippen molar-refractivity contribution in [1.29, 1.82) is 0 Å². The fourth-order valence-corrected chi connectivity index (χ4v) is 2.47. The van der Waals surface area contributed by atoms with Gasteiger partial charge in [-0.1, -0.05) is 6.07 Å². The van der Waals surface area contributed by atoms with Crippen molar-refractivity contribution in [1.82, 2.24) is 15.2 Å². The van der Waals surface area contributed by atoms with Crippen LogP contribution in [0.15, 0.2) is 29.8 Å². The quantitative estimate of drug-likeness (QED) is 0.604. The molecule has 0 amide bonds. The molecule has 86 valence electrons. The highest BCUT2D eigenvalue weighted by atomic mass is 32.1. The predicted molar refractivity (Wildman–Crippen MR) is 66.0 cm³/mol. The van der Waals surface area contributed by atoms with E-state index in [0.717, 1.165) is 18.5 Å². The van der Waals surface area contributed by atoms with E-state index in [1.807, 2.05) is 24.0 Å². The lowest BCUT2D eigenvalue weighted by molar-refractivity contribution is 0.517. The van der Waals surface area contributed by atoms with Crippen molar-refractivity contribution in [3.63, 3.8) is 0 Å². The van der Waals surface area contributed by atoms with E-state index in [1.54, 1.807) is 11.3 Å². The standard InChI is InChI=1S/C11H16N4S/c1-15-5-4-9(14-15)7-10(13-12)8-11-3-2-6-16-11/h2-6,10,13H,7-8,12H2,1H3. The molecular formula is C11H16N4S. The van der Waals surface area contributed by atoms with Gasteiger partial charge in [-0.05, 0) is 23.9 Å².